The fourth-order valence-corrected chi connectivity index (χ4v) is 6.20. The fourth-order valence-electron chi connectivity index (χ4n) is 5.18. The molecule has 0 fully saturated rings. The summed E-state index contributed by atoms with van der Waals surface area (Å²) in [4.78, 5) is 43.5. The molecule has 8 nitrogen and oxygen atoms in total. The first-order chi connectivity index (χ1) is 19.2. The van der Waals surface area contributed by atoms with Crippen LogP contribution < -0.4 is 20.2 Å². The van der Waals surface area contributed by atoms with Crippen LogP contribution in [-0.2, 0) is 14.3 Å². The molecule has 0 radical (unpaired) electrons. The lowest BCUT2D eigenvalue weighted by Gasteiger charge is -2.25. The van der Waals surface area contributed by atoms with Gasteiger partial charge in [-0.1, -0.05) is 48.6 Å². The molecule has 0 aliphatic carbocycles. The summed E-state index contributed by atoms with van der Waals surface area (Å²) in [5.41, 5.74) is 6.18. The van der Waals surface area contributed by atoms with Crippen LogP contribution in [0.25, 0.3) is 11.8 Å². The highest BCUT2D eigenvalue weighted by atomic mass is 32.1. The molecular formula is C31H30N4O4S. The molecule has 2 aromatic heterocycles. The molecule has 9 heteroatoms. The van der Waals surface area contributed by atoms with Crippen molar-refractivity contribution in [3.8, 4) is 5.69 Å². The molecule has 1 aliphatic heterocycles. The normalized spacial score (nSPS) is 15.0. The zero-order chi connectivity index (χ0) is 28.6. The minimum absolute atomic E-state index is 0.121. The van der Waals surface area contributed by atoms with Crippen LogP contribution in [0.5, 0.6) is 0 Å². The smallest absolute Gasteiger partial charge is 0.338 e. The third-order valence-corrected chi connectivity index (χ3v) is 7.95. The minimum atomic E-state index is -0.628. The van der Waals surface area contributed by atoms with Gasteiger partial charge in [0.25, 0.3) is 5.56 Å². The van der Waals surface area contributed by atoms with Crippen LogP contribution in [0.3, 0.4) is 0 Å². The van der Waals surface area contributed by atoms with Gasteiger partial charge in [0.1, 0.15) is 0 Å². The second-order valence-electron chi connectivity index (χ2n) is 9.59. The fraction of sp³-hybridized carbons (Fsp3) is 0.226. The van der Waals surface area contributed by atoms with Gasteiger partial charge in [0.05, 0.1) is 29.0 Å². The van der Waals surface area contributed by atoms with Gasteiger partial charge in [-0.3, -0.25) is 14.2 Å². The molecule has 0 saturated carbocycles. The molecule has 1 aliphatic rings. The second kappa shape index (κ2) is 10.9. The number of rotatable bonds is 6. The number of amides is 1. The number of nitrogens with one attached hydrogen (secondary N) is 1. The van der Waals surface area contributed by atoms with Crippen LogP contribution in [0, 0.1) is 13.8 Å². The van der Waals surface area contributed by atoms with Crippen molar-refractivity contribution in [3.63, 3.8) is 0 Å². The summed E-state index contributed by atoms with van der Waals surface area (Å²) in [6, 6.07) is 18.5. The van der Waals surface area contributed by atoms with Gasteiger partial charge in [0.15, 0.2) is 4.80 Å². The Morgan fingerprint density at radius 2 is 1.80 bits per heavy atom. The van der Waals surface area contributed by atoms with Gasteiger partial charge in [-0.05, 0) is 67.8 Å². The average molecular weight is 555 g/mol. The van der Waals surface area contributed by atoms with Crippen molar-refractivity contribution < 1.29 is 14.3 Å². The Morgan fingerprint density at radius 1 is 1.10 bits per heavy atom. The van der Waals surface area contributed by atoms with Crippen LogP contribution in [0.2, 0.25) is 0 Å². The van der Waals surface area contributed by atoms with Gasteiger partial charge in [0.2, 0.25) is 5.91 Å². The number of thiazole rings is 1. The van der Waals surface area contributed by atoms with E-state index in [0.29, 0.717) is 27.0 Å². The van der Waals surface area contributed by atoms with Crippen molar-refractivity contribution in [2.75, 3.05) is 12.4 Å². The number of methoxy groups -OCH3 is 1. The highest BCUT2D eigenvalue weighted by molar-refractivity contribution is 7.07. The van der Waals surface area contributed by atoms with Gasteiger partial charge in [0, 0.05) is 29.7 Å². The third kappa shape index (κ3) is 4.84. The third-order valence-electron chi connectivity index (χ3n) is 6.97. The first-order valence-corrected chi connectivity index (χ1v) is 13.8. The number of hydrogen-bond acceptors (Lipinski definition) is 6. The van der Waals surface area contributed by atoms with Gasteiger partial charge in [-0.25, -0.2) is 9.79 Å². The maximum atomic E-state index is 13.9. The molecule has 2 aromatic carbocycles. The topological polar surface area (TPSA) is 94.7 Å². The van der Waals surface area contributed by atoms with Gasteiger partial charge < -0.3 is 14.6 Å². The van der Waals surface area contributed by atoms with Crippen LogP contribution in [0.1, 0.15) is 48.8 Å². The van der Waals surface area contributed by atoms with Gasteiger partial charge >= 0.3 is 5.97 Å². The van der Waals surface area contributed by atoms with Gasteiger partial charge in [-0.15, -0.1) is 0 Å². The SMILES string of the molecule is CCC1=C(C(=O)OC)[C@H](c2ccccc2)n2c(s/c(=C\c3cc(C)n(-c4ccc(NC(C)=O)cc4)c3C)c2=O)=N1. The molecule has 0 saturated heterocycles. The molecule has 0 spiro atoms. The van der Waals surface area contributed by atoms with Gasteiger partial charge in [-0.2, -0.15) is 0 Å². The number of esters is 1. The molecule has 0 bridgehead atoms. The number of ether oxygens (including phenoxy) is 1. The summed E-state index contributed by atoms with van der Waals surface area (Å²) in [5, 5.41) is 2.79. The molecule has 3 heterocycles. The van der Waals surface area contributed by atoms with E-state index < -0.39 is 12.0 Å². The highest BCUT2D eigenvalue weighted by Gasteiger charge is 2.33. The summed E-state index contributed by atoms with van der Waals surface area (Å²) in [6.07, 6.45) is 2.42. The monoisotopic (exact) mass is 554 g/mol. The van der Waals surface area contributed by atoms with Crippen LogP contribution in [-0.4, -0.2) is 28.1 Å². The zero-order valence-corrected chi connectivity index (χ0v) is 23.8. The lowest BCUT2D eigenvalue weighted by atomic mass is 9.95. The summed E-state index contributed by atoms with van der Waals surface area (Å²) in [7, 11) is 1.35. The second-order valence-corrected chi connectivity index (χ2v) is 10.6. The Hall–Kier alpha value is -4.50. The maximum Gasteiger partial charge on any atom is 0.338 e. The summed E-state index contributed by atoms with van der Waals surface area (Å²) < 4.78 is 9.38. The van der Waals surface area contributed by atoms with E-state index in [1.807, 2.05) is 87.5 Å². The lowest BCUT2D eigenvalue weighted by Crippen LogP contribution is -2.40. The first-order valence-electron chi connectivity index (χ1n) is 13.0. The number of aryl methyl sites for hydroxylation is 1. The Balaban J connectivity index is 1.64. The molecule has 1 atom stereocenters. The van der Waals surface area contributed by atoms with Crippen LogP contribution >= 0.6 is 11.3 Å². The number of carbonyl (C=O) groups excluding carboxylic acids is 2. The van der Waals surface area contributed by atoms with E-state index in [1.165, 1.54) is 25.4 Å². The van der Waals surface area contributed by atoms with Crippen LogP contribution in [0.15, 0.2) is 81.7 Å². The molecular weight excluding hydrogens is 524 g/mol. The van der Waals surface area contributed by atoms with E-state index in [-0.39, 0.29) is 11.5 Å². The molecule has 4 aromatic rings. The minimum Gasteiger partial charge on any atom is -0.466 e. The van der Waals surface area contributed by atoms with Crippen LogP contribution in [0.4, 0.5) is 5.69 Å². The predicted octanol–water partition coefficient (Wildman–Crippen LogP) is 4.16. The summed E-state index contributed by atoms with van der Waals surface area (Å²) in [5.74, 6) is -0.610. The van der Waals surface area contributed by atoms with Crippen molar-refractivity contribution in [1.82, 2.24) is 9.13 Å². The number of anilines is 1. The van der Waals surface area contributed by atoms with E-state index >= 15 is 0 Å². The molecule has 1 N–H and O–H groups in total. The largest absolute Gasteiger partial charge is 0.466 e. The van der Waals surface area contributed by atoms with E-state index in [4.69, 9.17) is 9.73 Å². The van der Waals surface area contributed by atoms with Crippen molar-refractivity contribution in [2.24, 2.45) is 4.99 Å². The van der Waals surface area contributed by atoms with Crippen molar-refractivity contribution in [1.29, 1.82) is 0 Å². The molecule has 40 heavy (non-hydrogen) atoms. The number of carbonyl (C=O) groups is 2. The number of aromatic nitrogens is 2. The Bertz CT molecular complexity index is 1830. The number of nitrogens with zero attached hydrogens (tertiary/aromatic N) is 3. The van der Waals surface area contributed by atoms with E-state index in [1.54, 1.807) is 4.57 Å². The summed E-state index contributed by atoms with van der Waals surface area (Å²) in [6.45, 7) is 7.44. The average Bonchev–Trinajstić information content (AvgIpc) is 3.41. The van der Waals surface area contributed by atoms with E-state index in [9.17, 15) is 14.4 Å². The number of allylic oxidation sites excluding steroid dienone is 1. The molecule has 5 rings (SSSR count). The van der Waals surface area contributed by atoms with E-state index in [0.717, 1.165) is 33.9 Å². The maximum absolute atomic E-state index is 13.9. The Labute approximate surface area is 235 Å². The Morgan fingerprint density at radius 3 is 2.42 bits per heavy atom. The molecule has 1 amide bonds. The number of benzene rings is 2. The van der Waals surface area contributed by atoms with Crippen molar-refractivity contribution >= 4 is 35.0 Å². The molecule has 204 valence electrons. The predicted molar refractivity (Wildman–Crippen MR) is 156 cm³/mol. The first kappa shape index (κ1) is 27.1. The lowest BCUT2D eigenvalue weighted by molar-refractivity contribution is -0.136. The Kier molecular flexibility index (Phi) is 7.40. The summed E-state index contributed by atoms with van der Waals surface area (Å²) >= 11 is 1.32. The highest BCUT2D eigenvalue weighted by Crippen LogP contribution is 2.31. The number of fused-ring (bicyclic) bond motifs is 1. The zero-order valence-electron chi connectivity index (χ0n) is 23.0. The van der Waals surface area contributed by atoms with Crippen molar-refractivity contribution in [2.45, 2.75) is 40.2 Å². The molecule has 0 unspecified atom stereocenters. The quantitative estimate of drug-likeness (QED) is 0.362. The van der Waals surface area contributed by atoms with Crippen molar-refractivity contribution in [3.05, 3.63) is 114 Å². The van der Waals surface area contributed by atoms with E-state index in [2.05, 4.69) is 9.88 Å². The standard InChI is InChI=1S/C31H30N4O4S/c1-6-25-27(30(38)39-5)28(21-10-8-7-9-11-21)35-29(37)26(40-31(35)33-25)17-22-16-18(2)34(19(22)3)24-14-12-23(13-15-24)32-20(4)36/h7-17,28H,6H2,1-5H3,(H,32,36)/b26-17-/t28-/m0/s1. The number of hydrogen-bond donors (Lipinski definition) is 1.